The van der Waals surface area contributed by atoms with Crippen molar-refractivity contribution in [2.75, 3.05) is 18.1 Å². The quantitative estimate of drug-likeness (QED) is 0.337. The van der Waals surface area contributed by atoms with Gasteiger partial charge >= 0.3 is 5.97 Å². The number of benzene rings is 2. The van der Waals surface area contributed by atoms with Gasteiger partial charge < -0.3 is 4.74 Å². The number of esters is 1. The molecule has 7 nitrogen and oxygen atoms in total. The molecule has 0 saturated heterocycles. The van der Waals surface area contributed by atoms with Gasteiger partial charge in [0.1, 0.15) is 6.04 Å². The summed E-state index contributed by atoms with van der Waals surface area (Å²) in [6.45, 7) is 2.34. The number of pyridine rings is 1. The second-order valence-electron chi connectivity index (χ2n) is 7.93. The molecule has 0 saturated carbocycles. The normalized spacial score (nSPS) is 17.7. The zero-order valence-electron chi connectivity index (χ0n) is 18.3. The van der Waals surface area contributed by atoms with Crippen LogP contribution < -0.4 is 4.90 Å². The van der Waals surface area contributed by atoms with Crippen LogP contribution in [0.25, 0.3) is 11.0 Å². The second kappa shape index (κ2) is 8.86. The molecule has 2 aromatic heterocycles. The van der Waals surface area contributed by atoms with E-state index in [0.29, 0.717) is 24.6 Å². The van der Waals surface area contributed by atoms with E-state index < -0.39 is 17.9 Å². The predicted octanol–water partition coefficient (Wildman–Crippen LogP) is 3.79. The van der Waals surface area contributed by atoms with Crippen molar-refractivity contribution in [2.24, 2.45) is 5.92 Å². The zero-order chi connectivity index (χ0) is 22.8. The minimum absolute atomic E-state index is 0.194. The van der Waals surface area contributed by atoms with Crippen LogP contribution in [0.1, 0.15) is 24.2 Å². The summed E-state index contributed by atoms with van der Waals surface area (Å²) in [7, 11) is 0. The van der Waals surface area contributed by atoms with Gasteiger partial charge in [-0.3, -0.25) is 24.0 Å². The number of rotatable bonds is 6. The maximum Gasteiger partial charge on any atom is 0.321 e. The van der Waals surface area contributed by atoms with Crippen LogP contribution in [-0.4, -0.2) is 39.6 Å². The van der Waals surface area contributed by atoms with Gasteiger partial charge in [-0.2, -0.15) is 0 Å². The first-order chi connectivity index (χ1) is 16.2. The molecule has 33 heavy (non-hydrogen) atoms. The Kier molecular flexibility index (Phi) is 5.60. The van der Waals surface area contributed by atoms with E-state index >= 15 is 0 Å². The van der Waals surface area contributed by atoms with E-state index in [4.69, 9.17) is 9.72 Å². The van der Waals surface area contributed by atoms with E-state index in [2.05, 4.69) is 4.98 Å². The molecule has 7 heteroatoms. The van der Waals surface area contributed by atoms with Crippen LogP contribution >= 0.6 is 0 Å². The number of carbonyl (C=O) groups excluding carboxylic acids is 2. The van der Waals surface area contributed by atoms with Crippen molar-refractivity contribution in [3.8, 4) is 0 Å². The van der Waals surface area contributed by atoms with Crippen molar-refractivity contribution >= 4 is 28.9 Å². The summed E-state index contributed by atoms with van der Waals surface area (Å²) in [4.78, 5) is 37.9. The molecule has 3 heterocycles. The molecule has 1 aliphatic rings. The third-order valence-corrected chi connectivity index (χ3v) is 5.94. The van der Waals surface area contributed by atoms with Gasteiger partial charge in [0, 0.05) is 12.7 Å². The molecule has 0 spiro atoms. The first kappa shape index (κ1) is 20.9. The molecule has 0 N–H and O–H groups in total. The SMILES string of the molecule is CCOC(=O)[C@@H]1C(=O)N(CCc2ccccc2)c2nc3ccccc3n2[C@H]1c1ccccn1. The Labute approximate surface area is 191 Å². The number of imidazole rings is 1. The van der Waals surface area contributed by atoms with Gasteiger partial charge in [-0.05, 0) is 43.2 Å². The minimum Gasteiger partial charge on any atom is -0.465 e. The lowest BCUT2D eigenvalue weighted by molar-refractivity contribution is -0.153. The van der Waals surface area contributed by atoms with E-state index in [1.165, 1.54) is 0 Å². The molecule has 166 valence electrons. The molecule has 1 amide bonds. The van der Waals surface area contributed by atoms with Crippen LogP contribution in [0.2, 0.25) is 0 Å². The predicted molar refractivity (Wildman–Crippen MR) is 125 cm³/mol. The van der Waals surface area contributed by atoms with E-state index in [9.17, 15) is 9.59 Å². The highest BCUT2D eigenvalue weighted by Crippen LogP contribution is 2.40. The fourth-order valence-electron chi connectivity index (χ4n) is 4.46. The molecular formula is C26H24N4O3. The van der Waals surface area contributed by atoms with E-state index in [1.54, 1.807) is 18.0 Å². The van der Waals surface area contributed by atoms with Gasteiger partial charge in [0.15, 0.2) is 5.92 Å². The lowest BCUT2D eigenvalue weighted by atomic mass is 9.92. The van der Waals surface area contributed by atoms with Crippen LogP contribution in [0.15, 0.2) is 79.0 Å². The van der Waals surface area contributed by atoms with Crippen molar-refractivity contribution in [3.05, 3.63) is 90.3 Å². The van der Waals surface area contributed by atoms with Crippen LogP contribution in [0.4, 0.5) is 5.95 Å². The van der Waals surface area contributed by atoms with Crippen LogP contribution in [-0.2, 0) is 20.7 Å². The number of aromatic nitrogens is 3. The lowest BCUT2D eigenvalue weighted by Crippen LogP contribution is -2.50. The lowest BCUT2D eigenvalue weighted by Gasteiger charge is -2.37. The molecule has 2 atom stereocenters. The Hall–Kier alpha value is -4.00. The van der Waals surface area contributed by atoms with Crippen LogP contribution in [0.3, 0.4) is 0 Å². The zero-order valence-corrected chi connectivity index (χ0v) is 18.3. The van der Waals surface area contributed by atoms with Gasteiger partial charge in [-0.15, -0.1) is 0 Å². The maximum atomic E-state index is 13.8. The number of anilines is 1. The van der Waals surface area contributed by atoms with Gasteiger partial charge in [-0.25, -0.2) is 4.98 Å². The summed E-state index contributed by atoms with van der Waals surface area (Å²) in [5.74, 6) is -1.40. The van der Waals surface area contributed by atoms with Crippen molar-refractivity contribution in [2.45, 2.75) is 19.4 Å². The Morgan fingerprint density at radius 3 is 2.52 bits per heavy atom. The van der Waals surface area contributed by atoms with Crippen molar-refractivity contribution in [1.82, 2.24) is 14.5 Å². The molecule has 0 bridgehead atoms. The fraction of sp³-hybridized carbons (Fsp3) is 0.231. The van der Waals surface area contributed by atoms with Gasteiger partial charge in [0.2, 0.25) is 11.9 Å². The molecular weight excluding hydrogens is 416 g/mol. The Balaban J connectivity index is 1.67. The highest BCUT2D eigenvalue weighted by molar-refractivity contribution is 6.08. The largest absolute Gasteiger partial charge is 0.465 e. The highest BCUT2D eigenvalue weighted by Gasteiger charge is 2.48. The highest BCUT2D eigenvalue weighted by atomic mass is 16.5. The molecule has 0 unspecified atom stereocenters. The Bertz CT molecular complexity index is 1290. The first-order valence-electron chi connectivity index (χ1n) is 11.1. The van der Waals surface area contributed by atoms with Crippen molar-refractivity contribution in [1.29, 1.82) is 0 Å². The number of hydrogen-bond donors (Lipinski definition) is 0. The first-order valence-corrected chi connectivity index (χ1v) is 11.1. The Morgan fingerprint density at radius 2 is 1.76 bits per heavy atom. The van der Waals surface area contributed by atoms with E-state index in [-0.39, 0.29) is 12.5 Å². The minimum atomic E-state index is -1.05. The smallest absolute Gasteiger partial charge is 0.321 e. The summed E-state index contributed by atoms with van der Waals surface area (Å²) in [5.41, 5.74) is 3.33. The molecule has 0 aliphatic carbocycles. The summed E-state index contributed by atoms with van der Waals surface area (Å²) >= 11 is 0. The van der Waals surface area contributed by atoms with Crippen LogP contribution in [0.5, 0.6) is 0 Å². The van der Waals surface area contributed by atoms with Crippen molar-refractivity contribution in [3.63, 3.8) is 0 Å². The Morgan fingerprint density at radius 1 is 1.00 bits per heavy atom. The number of ether oxygens (including phenoxy) is 1. The summed E-state index contributed by atoms with van der Waals surface area (Å²) < 4.78 is 7.33. The van der Waals surface area contributed by atoms with E-state index in [0.717, 1.165) is 16.6 Å². The van der Waals surface area contributed by atoms with Crippen molar-refractivity contribution < 1.29 is 14.3 Å². The molecule has 0 radical (unpaired) electrons. The molecule has 2 aromatic carbocycles. The third-order valence-electron chi connectivity index (χ3n) is 5.94. The second-order valence-corrected chi connectivity index (χ2v) is 7.93. The standard InChI is InChI=1S/C26H24N4O3/c1-2-33-25(32)22-23(20-13-8-9-16-27-20)30-21-14-7-6-12-19(21)28-26(30)29(24(22)31)17-15-18-10-4-3-5-11-18/h3-14,16,22-23H,2,15,17H2,1H3/t22-,23-/m0/s1. The van der Waals surface area contributed by atoms with Crippen LogP contribution in [0, 0.1) is 5.92 Å². The number of hydrogen-bond acceptors (Lipinski definition) is 5. The topological polar surface area (TPSA) is 77.3 Å². The maximum absolute atomic E-state index is 13.8. The monoisotopic (exact) mass is 440 g/mol. The number of amides is 1. The summed E-state index contributed by atoms with van der Waals surface area (Å²) in [6, 6.07) is 22.5. The van der Waals surface area contributed by atoms with Gasteiger partial charge in [0.05, 0.1) is 23.3 Å². The molecule has 1 aliphatic heterocycles. The molecule has 5 rings (SSSR count). The molecule has 4 aromatic rings. The number of para-hydroxylation sites is 2. The number of nitrogens with zero attached hydrogens (tertiary/aromatic N) is 4. The third kappa shape index (κ3) is 3.75. The van der Waals surface area contributed by atoms with Gasteiger partial charge in [0.25, 0.3) is 0 Å². The summed E-state index contributed by atoms with van der Waals surface area (Å²) in [6.07, 6.45) is 2.31. The fourth-order valence-corrected chi connectivity index (χ4v) is 4.46. The van der Waals surface area contributed by atoms with E-state index in [1.807, 2.05) is 77.4 Å². The van der Waals surface area contributed by atoms with Gasteiger partial charge in [-0.1, -0.05) is 48.5 Å². The average Bonchev–Trinajstić information content (AvgIpc) is 3.23. The summed E-state index contributed by atoms with van der Waals surface area (Å²) in [5, 5.41) is 0. The number of carbonyl (C=O) groups is 2. The number of fused-ring (bicyclic) bond motifs is 3. The average molecular weight is 441 g/mol. The molecule has 0 fully saturated rings.